The van der Waals surface area contributed by atoms with Crippen LogP contribution in [0.25, 0.3) is 10.8 Å². The fraction of sp³-hybridized carbons (Fsp3) is 0.261. The quantitative estimate of drug-likeness (QED) is 0.763. The van der Waals surface area contributed by atoms with E-state index in [-0.39, 0.29) is 5.91 Å². The van der Waals surface area contributed by atoms with Gasteiger partial charge in [-0.1, -0.05) is 60.7 Å². The summed E-state index contributed by atoms with van der Waals surface area (Å²) in [5.74, 6) is 0.0719. The summed E-state index contributed by atoms with van der Waals surface area (Å²) in [6.45, 7) is 2.18. The Kier molecular flexibility index (Phi) is 4.98. The van der Waals surface area contributed by atoms with Gasteiger partial charge >= 0.3 is 0 Å². The molecule has 0 aliphatic carbocycles. The number of amides is 1. The number of nitrogens with one attached hydrogen (secondary N) is 1. The number of ether oxygens (including phenoxy) is 1. The molecule has 1 aliphatic heterocycles. The lowest BCUT2D eigenvalue weighted by atomic mass is 9.99. The summed E-state index contributed by atoms with van der Waals surface area (Å²) in [5.41, 5.74) is 5.00. The predicted molar refractivity (Wildman–Crippen MR) is 104 cm³/mol. The summed E-state index contributed by atoms with van der Waals surface area (Å²) in [7, 11) is 0. The molecule has 0 unspecified atom stereocenters. The zero-order chi connectivity index (χ0) is 17.8. The van der Waals surface area contributed by atoms with Crippen molar-refractivity contribution in [2.24, 2.45) is 0 Å². The molecule has 26 heavy (non-hydrogen) atoms. The summed E-state index contributed by atoms with van der Waals surface area (Å²) in [4.78, 5) is 12.3. The van der Waals surface area contributed by atoms with Crippen LogP contribution in [0, 0.1) is 0 Å². The molecule has 0 spiro atoms. The molecule has 0 bridgehead atoms. The minimum atomic E-state index is 0.0719. The summed E-state index contributed by atoms with van der Waals surface area (Å²) < 4.78 is 5.53. The first-order valence-electron chi connectivity index (χ1n) is 9.21. The first kappa shape index (κ1) is 16.8. The summed E-state index contributed by atoms with van der Waals surface area (Å²) in [5, 5.41) is 5.38. The van der Waals surface area contributed by atoms with E-state index in [1.54, 1.807) is 0 Å². The molecule has 1 N–H and O–H groups in total. The minimum Gasteiger partial charge on any atom is -0.376 e. The van der Waals surface area contributed by atoms with Crippen LogP contribution in [0.2, 0.25) is 0 Å². The van der Waals surface area contributed by atoms with Gasteiger partial charge in [-0.2, -0.15) is 0 Å². The van der Waals surface area contributed by atoms with Gasteiger partial charge < -0.3 is 10.1 Å². The highest BCUT2D eigenvalue weighted by Crippen LogP contribution is 2.20. The Balaban J connectivity index is 1.34. The third-order valence-corrected chi connectivity index (χ3v) is 5.01. The van der Waals surface area contributed by atoms with Crippen molar-refractivity contribution >= 4 is 16.7 Å². The van der Waals surface area contributed by atoms with Gasteiger partial charge in [-0.3, -0.25) is 4.79 Å². The molecule has 1 amide bonds. The van der Waals surface area contributed by atoms with Crippen molar-refractivity contribution in [3.8, 4) is 0 Å². The van der Waals surface area contributed by atoms with Gasteiger partial charge in [0.2, 0.25) is 5.91 Å². The Morgan fingerprint density at radius 2 is 1.88 bits per heavy atom. The van der Waals surface area contributed by atoms with Crippen molar-refractivity contribution in [3.05, 3.63) is 82.9 Å². The maximum absolute atomic E-state index is 12.3. The van der Waals surface area contributed by atoms with Crippen LogP contribution in [0.5, 0.6) is 0 Å². The standard InChI is InChI=1S/C23H23NO2/c25-23(15-20-6-3-5-19-4-1-2-7-22(19)20)24-12-10-17-8-9-18-11-13-26-16-21(18)14-17/h1-9,14H,10-13,15-16H2,(H,24,25). The van der Waals surface area contributed by atoms with Crippen LogP contribution in [-0.4, -0.2) is 19.1 Å². The van der Waals surface area contributed by atoms with Crippen molar-refractivity contribution in [2.75, 3.05) is 13.2 Å². The van der Waals surface area contributed by atoms with Crippen molar-refractivity contribution in [2.45, 2.75) is 25.9 Å². The van der Waals surface area contributed by atoms with E-state index in [9.17, 15) is 4.79 Å². The second-order valence-corrected chi connectivity index (χ2v) is 6.82. The van der Waals surface area contributed by atoms with Crippen LogP contribution >= 0.6 is 0 Å². The minimum absolute atomic E-state index is 0.0719. The third-order valence-electron chi connectivity index (χ3n) is 5.01. The number of hydrogen-bond acceptors (Lipinski definition) is 2. The molecular formula is C23H23NO2. The fourth-order valence-electron chi connectivity index (χ4n) is 3.61. The Labute approximate surface area is 154 Å². The highest BCUT2D eigenvalue weighted by Gasteiger charge is 2.10. The van der Waals surface area contributed by atoms with E-state index in [0.717, 1.165) is 30.4 Å². The third kappa shape index (κ3) is 3.78. The van der Waals surface area contributed by atoms with Gasteiger partial charge in [-0.05, 0) is 45.9 Å². The van der Waals surface area contributed by atoms with Crippen LogP contribution in [0.4, 0.5) is 0 Å². The van der Waals surface area contributed by atoms with E-state index in [0.29, 0.717) is 19.6 Å². The molecule has 0 radical (unpaired) electrons. The lowest BCUT2D eigenvalue weighted by Crippen LogP contribution is -2.27. The molecule has 0 atom stereocenters. The Bertz CT molecular complexity index is 927. The van der Waals surface area contributed by atoms with Gasteiger partial charge in [0.1, 0.15) is 0 Å². The molecule has 3 aromatic rings. The first-order valence-corrected chi connectivity index (χ1v) is 9.21. The average Bonchev–Trinajstić information content (AvgIpc) is 2.68. The lowest BCUT2D eigenvalue weighted by Gasteiger charge is -2.17. The smallest absolute Gasteiger partial charge is 0.224 e. The zero-order valence-corrected chi connectivity index (χ0v) is 14.8. The van der Waals surface area contributed by atoms with Gasteiger partial charge in [-0.25, -0.2) is 0 Å². The molecular weight excluding hydrogens is 322 g/mol. The van der Waals surface area contributed by atoms with E-state index < -0.39 is 0 Å². The highest BCUT2D eigenvalue weighted by atomic mass is 16.5. The molecule has 0 fully saturated rings. The SMILES string of the molecule is O=C(Cc1cccc2ccccc12)NCCc1ccc2c(c1)COCC2. The van der Waals surface area contributed by atoms with E-state index in [4.69, 9.17) is 4.74 Å². The van der Waals surface area contributed by atoms with Crippen LogP contribution < -0.4 is 5.32 Å². The van der Waals surface area contributed by atoms with Crippen LogP contribution in [0.3, 0.4) is 0 Å². The number of hydrogen-bond donors (Lipinski definition) is 1. The summed E-state index contributed by atoms with van der Waals surface area (Å²) in [6, 6.07) is 20.9. The van der Waals surface area contributed by atoms with Crippen LogP contribution in [-0.2, 0) is 35.4 Å². The molecule has 3 nitrogen and oxygen atoms in total. The van der Waals surface area contributed by atoms with E-state index >= 15 is 0 Å². The molecule has 4 rings (SSSR count). The molecule has 3 aromatic carbocycles. The number of carbonyl (C=O) groups excluding carboxylic acids is 1. The molecule has 0 saturated heterocycles. The van der Waals surface area contributed by atoms with Gasteiger partial charge in [0.15, 0.2) is 0 Å². The average molecular weight is 345 g/mol. The van der Waals surface area contributed by atoms with Crippen molar-refractivity contribution in [3.63, 3.8) is 0 Å². The molecule has 1 aliphatic rings. The van der Waals surface area contributed by atoms with Gasteiger partial charge in [0.05, 0.1) is 19.6 Å². The molecule has 0 saturated carbocycles. The molecule has 132 valence electrons. The monoisotopic (exact) mass is 345 g/mol. The van der Waals surface area contributed by atoms with Crippen molar-refractivity contribution in [1.29, 1.82) is 0 Å². The maximum atomic E-state index is 12.3. The number of carbonyl (C=O) groups is 1. The Hall–Kier alpha value is -2.65. The Morgan fingerprint density at radius 3 is 2.85 bits per heavy atom. The maximum Gasteiger partial charge on any atom is 0.224 e. The topological polar surface area (TPSA) is 38.3 Å². The molecule has 0 aromatic heterocycles. The van der Waals surface area contributed by atoms with E-state index in [1.165, 1.54) is 22.1 Å². The molecule has 1 heterocycles. The van der Waals surface area contributed by atoms with Gasteiger partial charge in [0.25, 0.3) is 0 Å². The van der Waals surface area contributed by atoms with Crippen LogP contribution in [0.1, 0.15) is 22.3 Å². The number of fused-ring (bicyclic) bond motifs is 2. The second-order valence-electron chi connectivity index (χ2n) is 6.82. The summed E-state index contributed by atoms with van der Waals surface area (Å²) in [6.07, 6.45) is 2.26. The zero-order valence-electron chi connectivity index (χ0n) is 14.8. The van der Waals surface area contributed by atoms with Crippen molar-refractivity contribution in [1.82, 2.24) is 5.32 Å². The normalized spacial score (nSPS) is 13.4. The first-order chi connectivity index (χ1) is 12.8. The second kappa shape index (κ2) is 7.71. The Morgan fingerprint density at radius 1 is 1.00 bits per heavy atom. The number of rotatable bonds is 5. The predicted octanol–water partition coefficient (Wildman–Crippen LogP) is 3.81. The fourth-order valence-corrected chi connectivity index (χ4v) is 3.61. The van der Waals surface area contributed by atoms with E-state index in [2.05, 4.69) is 41.7 Å². The van der Waals surface area contributed by atoms with Gasteiger partial charge in [-0.15, -0.1) is 0 Å². The number of benzene rings is 3. The largest absolute Gasteiger partial charge is 0.376 e. The lowest BCUT2D eigenvalue weighted by molar-refractivity contribution is -0.120. The van der Waals surface area contributed by atoms with E-state index in [1.807, 2.05) is 24.3 Å². The van der Waals surface area contributed by atoms with Crippen LogP contribution in [0.15, 0.2) is 60.7 Å². The summed E-state index contributed by atoms with van der Waals surface area (Å²) >= 11 is 0. The van der Waals surface area contributed by atoms with Crippen molar-refractivity contribution < 1.29 is 9.53 Å². The molecule has 3 heteroatoms. The highest BCUT2D eigenvalue weighted by molar-refractivity contribution is 5.90. The van der Waals surface area contributed by atoms with Gasteiger partial charge in [0, 0.05) is 6.54 Å².